The van der Waals surface area contributed by atoms with E-state index in [1.807, 2.05) is 0 Å². The maximum atomic E-state index is 9.84. The van der Waals surface area contributed by atoms with Crippen LogP contribution in [0.3, 0.4) is 0 Å². The average Bonchev–Trinajstić information content (AvgIpc) is 2.47. The first-order chi connectivity index (χ1) is 10.4. The van der Waals surface area contributed by atoms with E-state index in [-0.39, 0.29) is 27.3 Å². The van der Waals surface area contributed by atoms with Crippen LogP contribution in [0.5, 0.6) is 0 Å². The van der Waals surface area contributed by atoms with Gasteiger partial charge in [-0.3, -0.25) is 0 Å². The van der Waals surface area contributed by atoms with Gasteiger partial charge in [0.15, 0.2) is 0 Å². The van der Waals surface area contributed by atoms with Crippen LogP contribution in [0.2, 0.25) is 0 Å². The molecule has 22 heavy (non-hydrogen) atoms. The van der Waals surface area contributed by atoms with Crippen molar-refractivity contribution in [3.8, 4) is 0 Å². The van der Waals surface area contributed by atoms with E-state index in [0.29, 0.717) is 20.5 Å². The molecule has 4 unspecified atom stereocenters. The monoisotopic (exact) mass is 417 g/mol. The molecule has 0 aromatic rings. The summed E-state index contributed by atoms with van der Waals surface area (Å²) in [7, 11) is 0. The van der Waals surface area contributed by atoms with Gasteiger partial charge in [0, 0.05) is 0 Å². The number of halogens is 1. The molecule has 0 spiro atoms. The van der Waals surface area contributed by atoms with E-state index in [9.17, 15) is 10.2 Å². The van der Waals surface area contributed by atoms with Crippen molar-refractivity contribution in [2.45, 2.75) is 68.3 Å². The Kier molecular flexibility index (Phi) is 4.94. The third kappa shape index (κ3) is 3.40. The second-order valence-electron chi connectivity index (χ2n) is 8.14. The molecule has 0 radical (unpaired) electrons. The second-order valence-corrected chi connectivity index (χ2v) is 12.0. The van der Waals surface area contributed by atoms with Gasteiger partial charge in [0.25, 0.3) is 0 Å². The van der Waals surface area contributed by atoms with E-state index >= 15 is 0 Å². The minimum absolute atomic E-state index is 0.179. The molecule has 3 heteroatoms. The van der Waals surface area contributed by atoms with Crippen LogP contribution in [0.1, 0.15) is 58.8 Å². The Balaban J connectivity index is 1.90. The zero-order valence-electron chi connectivity index (χ0n) is 13.9. The third-order valence-corrected chi connectivity index (χ3v) is 10.4. The van der Waals surface area contributed by atoms with Gasteiger partial charge in [-0.2, -0.15) is 0 Å². The van der Waals surface area contributed by atoms with Gasteiger partial charge in [-0.1, -0.05) is 0 Å². The van der Waals surface area contributed by atoms with Crippen molar-refractivity contribution in [2.24, 2.45) is 17.3 Å². The van der Waals surface area contributed by atoms with Crippen LogP contribution in [-0.4, -0.2) is 24.2 Å². The second kappa shape index (κ2) is 6.46. The van der Waals surface area contributed by atoms with Crippen LogP contribution in [0, 0.1) is 17.3 Å². The van der Waals surface area contributed by atoms with Gasteiger partial charge in [0.05, 0.1) is 0 Å². The van der Waals surface area contributed by atoms with Crippen molar-refractivity contribution in [1.29, 1.82) is 0 Å². The molecular weight excluding hydrogens is 387 g/mol. The van der Waals surface area contributed by atoms with Gasteiger partial charge in [-0.15, -0.1) is 0 Å². The van der Waals surface area contributed by atoms with Crippen LogP contribution in [0.4, 0.5) is 0 Å². The molecule has 1 saturated heterocycles. The summed E-state index contributed by atoms with van der Waals surface area (Å²) in [5.41, 5.74) is 0.449. The molecule has 126 valence electrons. The Hall–Kier alpha value is -0.0300. The topological polar surface area (TPSA) is 40.5 Å². The number of aliphatic hydroxyl groups excluding tert-OH is 2. The van der Waals surface area contributed by atoms with E-state index in [1.54, 1.807) is 0 Å². The average molecular weight is 417 g/mol. The molecule has 0 aromatic heterocycles. The first kappa shape index (κ1) is 16.8. The normalized spacial score (nSPS) is 42.3. The van der Waals surface area contributed by atoms with Crippen LogP contribution < -0.4 is 21.2 Å². The number of aliphatic hydroxyl groups is 2. The number of allylic oxidation sites excluding steroid dienone is 3. The third-order valence-electron chi connectivity index (χ3n) is 5.89. The summed E-state index contributed by atoms with van der Waals surface area (Å²) in [6.07, 6.45) is 14.2. The zero-order valence-corrected chi connectivity index (χ0v) is 16.1. The first-order valence-corrected chi connectivity index (χ1v) is 11.4. The van der Waals surface area contributed by atoms with Gasteiger partial charge in [-0.25, -0.2) is 0 Å². The summed E-state index contributed by atoms with van der Waals surface area (Å²) in [6, 6.07) is 0. The van der Waals surface area contributed by atoms with Gasteiger partial charge in [-0.05, 0) is 0 Å². The molecule has 2 nitrogen and oxygen atoms in total. The summed E-state index contributed by atoms with van der Waals surface area (Å²) >= 11 is 0.179. The SMILES string of the molecule is CC1(C)CC[I-]C(C2C=CC(O)CC2)(C2CC=C(O)CC2)C1. The molecule has 2 aliphatic carbocycles. The Morgan fingerprint density at radius 2 is 2.00 bits per heavy atom. The first-order valence-electron chi connectivity index (χ1n) is 8.76. The van der Waals surface area contributed by atoms with Crippen molar-refractivity contribution in [2.75, 3.05) is 4.43 Å². The molecule has 1 aliphatic heterocycles. The van der Waals surface area contributed by atoms with E-state index in [2.05, 4.69) is 32.1 Å². The fourth-order valence-corrected chi connectivity index (χ4v) is 10.9. The Labute approximate surface area is 145 Å². The van der Waals surface area contributed by atoms with E-state index in [0.717, 1.165) is 38.0 Å². The minimum atomic E-state index is -0.224. The fourth-order valence-electron chi connectivity index (χ4n) is 4.60. The van der Waals surface area contributed by atoms with Crippen molar-refractivity contribution in [3.05, 3.63) is 24.0 Å². The quantitative estimate of drug-likeness (QED) is 0.403. The molecule has 0 bridgehead atoms. The fraction of sp³-hybridized carbons (Fsp3) is 0.789. The molecule has 3 rings (SSSR count). The summed E-state index contributed by atoms with van der Waals surface area (Å²) in [5, 5.41) is 19.6. The van der Waals surface area contributed by atoms with Crippen LogP contribution in [0.25, 0.3) is 0 Å². The van der Waals surface area contributed by atoms with Crippen LogP contribution in [-0.2, 0) is 0 Å². The van der Waals surface area contributed by atoms with E-state index < -0.39 is 0 Å². The molecule has 3 aliphatic rings. The van der Waals surface area contributed by atoms with Crippen molar-refractivity contribution in [1.82, 2.24) is 0 Å². The predicted molar refractivity (Wildman–Crippen MR) is 86.5 cm³/mol. The summed E-state index contributed by atoms with van der Waals surface area (Å²) in [4.78, 5) is 0. The molecular formula is C19H30IO2-. The number of alkyl halides is 2. The van der Waals surface area contributed by atoms with Gasteiger partial charge < -0.3 is 0 Å². The number of rotatable bonds is 2. The van der Waals surface area contributed by atoms with Gasteiger partial charge in [0.1, 0.15) is 0 Å². The predicted octanol–water partition coefficient (Wildman–Crippen LogP) is 1.20. The molecule has 4 atom stereocenters. The van der Waals surface area contributed by atoms with E-state index in [1.165, 1.54) is 17.3 Å². The summed E-state index contributed by atoms with van der Waals surface area (Å²) in [5.74, 6) is 2.00. The maximum absolute atomic E-state index is 9.84. The van der Waals surface area contributed by atoms with Gasteiger partial charge in [0.2, 0.25) is 0 Å². The van der Waals surface area contributed by atoms with E-state index in [4.69, 9.17) is 0 Å². The van der Waals surface area contributed by atoms with Gasteiger partial charge >= 0.3 is 145 Å². The van der Waals surface area contributed by atoms with Crippen molar-refractivity contribution >= 4 is 0 Å². The van der Waals surface area contributed by atoms with Crippen LogP contribution in [0.15, 0.2) is 24.0 Å². The zero-order chi connectivity index (χ0) is 15.8. The molecule has 1 heterocycles. The molecule has 0 aromatic carbocycles. The Bertz CT molecular complexity index is 468. The molecule has 0 amide bonds. The van der Waals surface area contributed by atoms with Crippen LogP contribution >= 0.6 is 0 Å². The molecule has 2 N–H and O–H groups in total. The van der Waals surface area contributed by atoms with Crippen molar-refractivity contribution < 1.29 is 31.4 Å². The number of hydrogen-bond donors (Lipinski definition) is 2. The Morgan fingerprint density at radius 1 is 1.18 bits per heavy atom. The standard InChI is InChI=1S/C19H30IO2/c1-18(2)11-12-20-19(13-18,14-3-7-16(21)8-4-14)15-5-9-17(22)10-6-15/h3,7,9,14-16,21-22H,4-6,8,10-13H2,1-2H3/q-1. The summed E-state index contributed by atoms with van der Waals surface area (Å²) in [6.45, 7) is 4.89. The summed E-state index contributed by atoms with van der Waals surface area (Å²) < 4.78 is 1.92. The molecule has 1 fully saturated rings. The Morgan fingerprint density at radius 3 is 2.59 bits per heavy atom. The van der Waals surface area contributed by atoms with Crippen molar-refractivity contribution in [3.63, 3.8) is 0 Å². The number of hydrogen-bond acceptors (Lipinski definition) is 2. The molecule has 0 saturated carbocycles.